The molecular weight excluding hydrogens is 324 g/mol. The van der Waals surface area contributed by atoms with Crippen molar-refractivity contribution in [1.29, 1.82) is 5.26 Å². The zero-order valence-corrected chi connectivity index (χ0v) is 12.6. The van der Waals surface area contributed by atoms with Crippen LogP contribution < -0.4 is 0 Å². The first-order valence-corrected chi connectivity index (χ1v) is 6.84. The number of rotatable bonds is 2. The van der Waals surface area contributed by atoms with Crippen molar-refractivity contribution < 1.29 is 0 Å². The third kappa shape index (κ3) is 3.16. The maximum atomic E-state index is 8.87. The van der Waals surface area contributed by atoms with Crippen molar-refractivity contribution in [1.82, 2.24) is 0 Å². The number of halogens is 4. The minimum Gasteiger partial charge on any atom is -0.198 e. The average Bonchev–Trinajstić information content (AvgIpc) is 2.36. The van der Waals surface area contributed by atoms with Crippen LogP contribution in [-0.2, 0) is 6.42 Å². The highest BCUT2D eigenvalue weighted by Crippen LogP contribution is 2.36. The molecule has 0 aliphatic carbocycles. The third-order valence-electron chi connectivity index (χ3n) is 2.63. The predicted molar refractivity (Wildman–Crippen MR) is 81.2 cm³/mol. The van der Waals surface area contributed by atoms with E-state index in [0.29, 0.717) is 20.1 Å². The Morgan fingerprint density at radius 1 is 0.947 bits per heavy atom. The molecule has 5 heteroatoms. The molecule has 2 rings (SSSR count). The standard InChI is InChI=1S/C14H7Cl4N/c15-10-1-2-11(8(5-10)3-4-19)9-6-12(16)14(18)13(17)7-9/h1-2,5-7H,3H2. The molecule has 0 unspecified atom stereocenters. The highest BCUT2D eigenvalue weighted by atomic mass is 35.5. The summed E-state index contributed by atoms with van der Waals surface area (Å²) in [6.07, 6.45) is 0.258. The van der Waals surface area contributed by atoms with Crippen LogP contribution in [0.2, 0.25) is 20.1 Å². The van der Waals surface area contributed by atoms with Gasteiger partial charge in [0.05, 0.1) is 27.6 Å². The monoisotopic (exact) mass is 329 g/mol. The van der Waals surface area contributed by atoms with Crippen LogP contribution in [0.4, 0.5) is 0 Å². The summed E-state index contributed by atoms with van der Waals surface area (Å²) in [5.41, 5.74) is 2.50. The normalized spacial score (nSPS) is 10.3. The largest absolute Gasteiger partial charge is 0.198 e. The van der Waals surface area contributed by atoms with Crippen LogP contribution in [0.3, 0.4) is 0 Å². The second kappa shape index (κ2) is 6.03. The van der Waals surface area contributed by atoms with Gasteiger partial charge in [0.25, 0.3) is 0 Å². The van der Waals surface area contributed by atoms with Crippen LogP contribution in [0.5, 0.6) is 0 Å². The van der Waals surface area contributed by atoms with E-state index in [0.717, 1.165) is 16.7 Å². The van der Waals surface area contributed by atoms with Crippen molar-refractivity contribution in [2.75, 3.05) is 0 Å². The summed E-state index contributed by atoms with van der Waals surface area (Å²) >= 11 is 23.9. The molecular formula is C14H7Cl4N. The van der Waals surface area contributed by atoms with Crippen molar-refractivity contribution in [3.05, 3.63) is 56.0 Å². The van der Waals surface area contributed by atoms with Gasteiger partial charge in [-0.2, -0.15) is 5.26 Å². The molecule has 1 nitrogen and oxygen atoms in total. The molecule has 0 fully saturated rings. The fourth-order valence-electron chi connectivity index (χ4n) is 1.79. The highest BCUT2D eigenvalue weighted by molar-refractivity contribution is 6.48. The maximum absolute atomic E-state index is 8.87. The summed E-state index contributed by atoms with van der Waals surface area (Å²) < 4.78 is 0. The lowest BCUT2D eigenvalue weighted by Crippen LogP contribution is -1.89. The fourth-order valence-corrected chi connectivity index (χ4v) is 2.58. The number of benzene rings is 2. The van der Waals surface area contributed by atoms with Crippen LogP contribution in [0.15, 0.2) is 30.3 Å². The van der Waals surface area contributed by atoms with E-state index in [1.807, 2.05) is 6.07 Å². The molecule has 0 radical (unpaired) electrons. The molecule has 0 aliphatic rings. The van der Waals surface area contributed by atoms with Crippen molar-refractivity contribution in [2.24, 2.45) is 0 Å². The van der Waals surface area contributed by atoms with Crippen molar-refractivity contribution in [2.45, 2.75) is 6.42 Å². The molecule has 0 saturated carbocycles. The molecule has 0 aliphatic heterocycles. The molecule has 0 amide bonds. The quantitative estimate of drug-likeness (QED) is 0.616. The Morgan fingerprint density at radius 3 is 2.16 bits per heavy atom. The van der Waals surface area contributed by atoms with E-state index in [4.69, 9.17) is 51.7 Å². The summed E-state index contributed by atoms with van der Waals surface area (Å²) in [6.45, 7) is 0. The molecule has 0 aromatic heterocycles. The number of hydrogen-bond donors (Lipinski definition) is 0. The van der Waals surface area contributed by atoms with E-state index in [2.05, 4.69) is 6.07 Å². The first-order chi connectivity index (χ1) is 9.02. The molecule has 2 aromatic rings. The summed E-state index contributed by atoms with van der Waals surface area (Å²) in [5, 5.41) is 10.5. The molecule has 96 valence electrons. The Labute approximate surface area is 131 Å². The van der Waals surface area contributed by atoms with Crippen LogP contribution >= 0.6 is 46.4 Å². The average molecular weight is 331 g/mol. The van der Waals surface area contributed by atoms with Crippen molar-refractivity contribution >= 4 is 46.4 Å². The highest BCUT2D eigenvalue weighted by Gasteiger charge is 2.11. The van der Waals surface area contributed by atoms with E-state index < -0.39 is 0 Å². The topological polar surface area (TPSA) is 23.8 Å². The Morgan fingerprint density at radius 2 is 1.58 bits per heavy atom. The van der Waals surface area contributed by atoms with E-state index in [-0.39, 0.29) is 6.42 Å². The molecule has 0 heterocycles. The minimum absolute atomic E-state index is 0.258. The maximum Gasteiger partial charge on any atom is 0.0778 e. The van der Waals surface area contributed by atoms with Crippen LogP contribution in [0.1, 0.15) is 5.56 Å². The van der Waals surface area contributed by atoms with E-state index in [1.54, 1.807) is 24.3 Å². The summed E-state index contributed by atoms with van der Waals surface area (Å²) in [4.78, 5) is 0. The molecule has 0 atom stereocenters. The molecule has 0 saturated heterocycles. The van der Waals surface area contributed by atoms with Gasteiger partial charge in [-0.25, -0.2) is 0 Å². The zero-order chi connectivity index (χ0) is 14.0. The Bertz CT molecular complexity index is 651. The SMILES string of the molecule is N#CCc1cc(Cl)ccc1-c1cc(Cl)c(Cl)c(Cl)c1. The predicted octanol–water partition coefficient (Wildman–Crippen LogP) is 6.03. The van der Waals surface area contributed by atoms with Gasteiger partial charge in [0.1, 0.15) is 0 Å². The number of nitrogens with zero attached hydrogens (tertiary/aromatic N) is 1. The Balaban J connectivity index is 2.62. The molecule has 19 heavy (non-hydrogen) atoms. The summed E-state index contributed by atoms with van der Waals surface area (Å²) in [6, 6.07) is 10.9. The Hall–Kier alpha value is -0.910. The van der Waals surface area contributed by atoms with Gasteiger partial charge < -0.3 is 0 Å². The van der Waals surface area contributed by atoms with E-state index in [1.165, 1.54) is 0 Å². The number of nitriles is 1. The van der Waals surface area contributed by atoms with E-state index in [9.17, 15) is 0 Å². The van der Waals surface area contributed by atoms with Crippen LogP contribution in [0.25, 0.3) is 11.1 Å². The lowest BCUT2D eigenvalue weighted by molar-refractivity contribution is 1.26. The van der Waals surface area contributed by atoms with Gasteiger partial charge in [-0.1, -0.05) is 52.5 Å². The first-order valence-electron chi connectivity index (χ1n) is 5.33. The first kappa shape index (κ1) is 14.5. The summed E-state index contributed by atoms with van der Waals surface area (Å²) in [7, 11) is 0. The summed E-state index contributed by atoms with van der Waals surface area (Å²) in [5.74, 6) is 0. The minimum atomic E-state index is 0.258. The lowest BCUT2D eigenvalue weighted by Gasteiger charge is -2.10. The molecule has 2 aromatic carbocycles. The lowest BCUT2D eigenvalue weighted by atomic mass is 9.98. The van der Waals surface area contributed by atoms with Crippen LogP contribution in [0, 0.1) is 11.3 Å². The van der Waals surface area contributed by atoms with Gasteiger partial charge in [0, 0.05) is 5.02 Å². The second-order valence-electron chi connectivity index (χ2n) is 3.89. The number of hydrogen-bond acceptors (Lipinski definition) is 1. The fraction of sp³-hybridized carbons (Fsp3) is 0.0714. The smallest absolute Gasteiger partial charge is 0.0778 e. The van der Waals surface area contributed by atoms with Crippen LogP contribution in [-0.4, -0.2) is 0 Å². The van der Waals surface area contributed by atoms with Gasteiger partial charge in [-0.05, 0) is 41.0 Å². The van der Waals surface area contributed by atoms with Gasteiger partial charge in [0.2, 0.25) is 0 Å². The van der Waals surface area contributed by atoms with Crippen molar-refractivity contribution in [3.63, 3.8) is 0 Å². The third-order valence-corrected chi connectivity index (χ3v) is 4.06. The van der Waals surface area contributed by atoms with Gasteiger partial charge in [0.15, 0.2) is 0 Å². The van der Waals surface area contributed by atoms with Gasteiger partial charge >= 0.3 is 0 Å². The molecule has 0 spiro atoms. The van der Waals surface area contributed by atoms with Gasteiger partial charge in [-0.3, -0.25) is 0 Å². The van der Waals surface area contributed by atoms with Gasteiger partial charge in [-0.15, -0.1) is 0 Å². The second-order valence-corrected chi connectivity index (χ2v) is 5.52. The molecule has 0 N–H and O–H groups in total. The van der Waals surface area contributed by atoms with E-state index >= 15 is 0 Å². The molecule has 0 bridgehead atoms. The zero-order valence-electron chi connectivity index (χ0n) is 9.55. The Kier molecular flexibility index (Phi) is 4.60. The van der Waals surface area contributed by atoms with Crippen molar-refractivity contribution in [3.8, 4) is 17.2 Å².